The minimum Gasteiger partial charge on any atom is -0.242 e. The third-order valence-corrected chi connectivity index (χ3v) is 21.9. The standard InChI is InChI=1S/C18H19F.C18H17F.C18H19F.C18H17F.C16H15F.C16H13F/c2*1-3-4-13-6-8-15-14(10-13)11-18(19)17-9-12(2)5-7-16(15)17;2*1-3-4-13-6-8-16-15-7-5-12(2)9-14(15)11-18(19)17(16)10-13;2*1-10-3-5-13-12(7-10)9-16(17)15-8-11(2)4-6-14(13)15/h5-10,18H,3-4,11H2,1-2H3;5-11H,3-4H2,1-2H3;5-10,18H,3-4,11H2,1-2H3;5-11H,3-4H2,1-2H3;3-8,16H,9H2,1-2H3;3-9H,1-2H3. The van der Waals surface area contributed by atoms with Crippen LogP contribution in [0.4, 0.5) is 26.3 Å². The second-order valence-electron chi connectivity index (χ2n) is 31.0. The van der Waals surface area contributed by atoms with Crippen LogP contribution in [0.2, 0.25) is 0 Å². The average molecular weight is 1460 g/mol. The number of benzene rings is 15. The molecule has 0 N–H and O–H groups in total. The zero-order valence-corrected chi connectivity index (χ0v) is 65.8. The van der Waals surface area contributed by atoms with Crippen molar-refractivity contribution >= 4 is 64.6 Å². The van der Waals surface area contributed by atoms with E-state index in [0.717, 1.165) is 194 Å². The van der Waals surface area contributed by atoms with Crippen LogP contribution in [0.25, 0.3) is 98.0 Å². The van der Waals surface area contributed by atoms with Gasteiger partial charge in [0, 0.05) is 35.4 Å². The quantitative estimate of drug-likeness (QED) is 0.105. The lowest BCUT2D eigenvalue weighted by atomic mass is 9.83. The van der Waals surface area contributed by atoms with Gasteiger partial charge in [0.2, 0.25) is 0 Å². The van der Waals surface area contributed by atoms with Crippen molar-refractivity contribution in [3.8, 4) is 33.4 Å². The Morgan fingerprint density at radius 2 is 0.482 bits per heavy atom. The van der Waals surface area contributed by atoms with Crippen LogP contribution >= 0.6 is 0 Å². The summed E-state index contributed by atoms with van der Waals surface area (Å²) in [5.74, 6) is -0.382. The average Bonchev–Trinajstić information content (AvgIpc) is 0.809. The second kappa shape index (κ2) is 34.1. The first-order chi connectivity index (χ1) is 53.0. The van der Waals surface area contributed by atoms with Crippen LogP contribution in [0.15, 0.2) is 237 Å². The van der Waals surface area contributed by atoms with Crippen LogP contribution in [0, 0.1) is 72.8 Å². The van der Waals surface area contributed by atoms with Crippen LogP contribution in [0.5, 0.6) is 0 Å². The first-order valence-electron chi connectivity index (χ1n) is 39.5. The maximum Gasteiger partial charge on any atom is 0.131 e. The molecule has 0 radical (unpaired) electrons. The summed E-state index contributed by atoms with van der Waals surface area (Å²) in [5.41, 5.74) is 27.1. The molecule has 18 rings (SSSR count). The fraction of sp³-hybridized carbons (Fsp3) is 0.250. The van der Waals surface area contributed by atoms with Gasteiger partial charge in [-0.3, -0.25) is 0 Å². The van der Waals surface area contributed by atoms with Gasteiger partial charge in [-0.15, -0.1) is 0 Å². The van der Waals surface area contributed by atoms with E-state index in [-0.39, 0.29) is 17.5 Å². The maximum absolute atomic E-state index is 14.4. The van der Waals surface area contributed by atoms with Gasteiger partial charge in [-0.25, -0.2) is 26.3 Å². The highest BCUT2D eigenvalue weighted by Crippen LogP contribution is 2.45. The zero-order chi connectivity index (χ0) is 77.6. The van der Waals surface area contributed by atoms with Crippen LogP contribution in [0.3, 0.4) is 0 Å². The van der Waals surface area contributed by atoms with Gasteiger partial charge in [-0.1, -0.05) is 298 Å². The number of hydrogen-bond acceptors (Lipinski definition) is 0. The Labute approximate surface area is 646 Å². The summed E-state index contributed by atoms with van der Waals surface area (Å²) >= 11 is 0. The predicted octanol–water partition coefficient (Wildman–Crippen LogP) is 30.4. The van der Waals surface area contributed by atoms with Gasteiger partial charge in [0.05, 0.1) is 0 Å². The monoisotopic (exact) mass is 1460 g/mol. The van der Waals surface area contributed by atoms with Crippen molar-refractivity contribution in [2.45, 2.75) is 172 Å². The van der Waals surface area contributed by atoms with E-state index in [1.54, 1.807) is 18.2 Å². The van der Waals surface area contributed by atoms with E-state index >= 15 is 0 Å². The molecule has 0 heterocycles. The van der Waals surface area contributed by atoms with Crippen LogP contribution in [-0.4, -0.2) is 0 Å². The normalized spacial score (nSPS) is 14.2. The fourth-order valence-electron chi connectivity index (χ4n) is 16.5. The molecule has 0 amide bonds. The van der Waals surface area contributed by atoms with Gasteiger partial charge in [0.1, 0.15) is 36.0 Å². The third-order valence-electron chi connectivity index (χ3n) is 21.9. The number of hydrogen-bond donors (Lipinski definition) is 0. The van der Waals surface area contributed by atoms with Gasteiger partial charge in [0.25, 0.3) is 0 Å². The Hall–Kier alpha value is -10.6. The van der Waals surface area contributed by atoms with Crippen molar-refractivity contribution in [3.63, 3.8) is 0 Å². The van der Waals surface area contributed by atoms with Crippen molar-refractivity contribution < 1.29 is 26.3 Å². The molecule has 0 aliphatic heterocycles. The number of aryl methyl sites for hydroxylation is 12. The molecule has 0 saturated carbocycles. The second-order valence-corrected chi connectivity index (χ2v) is 31.0. The van der Waals surface area contributed by atoms with Gasteiger partial charge in [-0.05, 0) is 255 Å². The van der Waals surface area contributed by atoms with E-state index in [1.165, 1.54) is 50.1 Å². The summed E-state index contributed by atoms with van der Waals surface area (Å²) in [5, 5.41) is 11.5. The zero-order valence-electron chi connectivity index (χ0n) is 65.8. The predicted molar refractivity (Wildman–Crippen MR) is 456 cm³/mol. The Morgan fingerprint density at radius 1 is 0.227 bits per heavy atom. The molecular weight excluding hydrogens is 1360 g/mol. The molecule has 3 atom stereocenters. The highest BCUT2D eigenvalue weighted by atomic mass is 19.2. The molecule has 0 nitrogen and oxygen atoms in total. The Morgan fingerprint density at radius 3 is 0.891 bits per heavy atom. The van der Waals surface area contributed by atoms with Gasteiger partial charge in [0.15, 0.2) is 0 Å². The Bertz CT molecular complexity index is 5920. The van der Waals surface area contributed by atoms with Crippen LogP contribution < -0.4 is 0 Å². The molecule has 3 aliphatic carbocycles. The summed E-state index contributed by atoms with van der Waals surface area (Å²) < 4.78 is 85.4. The molecule has 110 heavy (non-hydrogen) atoms. The van der Waals surface area contributed by atoms with Crippen LogP contribution in [0.1, 0.15) is 172 Å². The lowest BCUT2D eigenvalue weighted by Crippen LogP contribution is -2.08. The van der Waals surface area contributed by atoms with Crippen LogP contribution in [-0.2, 0) is 44.9 Å². The number of fused-ring (bicyclic) bond motifs is 18. The van der Waals surface area contributed by atoms with Crippen molar-refractivity contribution in [3.05, 3.63) is 354 Å². The summed E-state index contributed by atoms with van der Waals surface area (Å²) in [6.07, 6.45) is 7.53. The van der Waals surface area contributed by atoms with E-state index in [9.17, 15) is 26.3 Å². The molecule has 0 spiro atoms. The topological polar surface area (TPSA) is 0 Å². The molecule has 0 bridgehead atoms. The summed E-state index contributed by atoms with van der Waals surface area (Å²) in [4.78, 5) is 0. The minimum atomic E-state index is -0.862. The number of rotatable bonds is 8. The van der Waals surface area contributed by atoms with E-state index in [4.69, 9.17) is 0 Å². The lowest BCUT2D eigenvalue weighted by Gasteiger charge is -2.24. The van der Waals surface area contributed by atoms with E-state index in [1.807, 2.05) is 114 Å². The molecule has 0 fully saturated rings. The van der Waals surface area contributed by atoms with E-state index < -0.39 is 18.5 Å². The van der Waals surface area contributed by atoms with Gasteiger partial charge in [-0.2, -0.15) is 0 Å². The smallest absolute Gasteiger partial charge is 0.131 e. The van der Waals surface area contributed by atoms with Crippen molar-refractivity contribution in [2.75, 3.05) is 0 Å². The minimum absolute atomic E-state index is 0.119. The molecule has 3 aliphatic rings. The Kier molecular flexibility index (Phi) is 24.1. The van der Waals surface area contributed by atoms with E-state index in [2.05, 4.69) is 187 Å². The fourth-order valence-corrected chi connectivity index (χ4v) is 16.5. The number of halogens is 6. The molecule has 3 unspecified atom stereocenters. The molecule has 0 aromatic heterocycles. The maximum atomic E-state index is 14.4. The molecule has 6 heteroatoms. The third kappa shape index (κ3) is 17.2. The Balaban J connectivity index is 0.000000116. The first kappa shape index (κ1) is 77.6. The molecule has 0 saturated heterocycles. The number of alkyl halides is 3. The van der Waals surface area contributed by atoms with Crippen molar-refractivity contribution in [1.82, 2.24) is 0 Å². The van der Waals surface area contributed by atoms with Crippen molar-refractivity contribution in [2.24, 2.45) is 0 Å². The molecule has 558 valence electrons. The summed E-state index contributed by atoms with van der Waals surface area (Å²) in [7, 11) is 0. The molecule has 15 aromatic rings. The molecule has 15 aromatic carbocycles. The highest BCUT2D eigenvalue weighted by Gasteiger charge is 2.28. The van der Waals surface area contributed by atoms with Crippen molar-refractivity contribution in [1.29, 1.82) is 0 Å². The highest BCUT2D eigenvalue weighted by molar-refractivity contribution is 6.10. The first-order valence-corrected chi connectivity index (χ1v) is 39.5. The molecular formula is C104H100F6. The summed E-state index contributed by atoms with van der Waals surface area (Å²) in [6, 6.07) is 79.5. The largest absolute Gasteiger partial charge is 0.242 e. The van der Waals surface area contributed by atoms with E-state index in [0.29, 0.717) is 24.6 Å². The van der Waals surface area contributed by atoms with Gasteiger partial charge < -0.3 is 0 Å². The lowest BCUT2D eigenvalue weighted by molar-refractivity contribution is 0.339. The summed E-state index contributed by atoms with van der Waals surface area (Å²) in [6.45, 7) is 24.8. The SMILES string of the molecule is CCCc1ccc2c(c1)C(F)Cc1cc(C)ccc1-2.CCCc1ccc2c(c1)CC(F)c1cc(C)ccc1-2.CCCc1ccc2c(c1)c(F)cc1cc(C)ccc12.CCCc1ccc2c(c1)cc(F)c1cc(C)ccc12.Cc1ccc2c(c1)CC(F)c1cc(C)ccc1-2.Cc1ccc2c(c1)cc(F)c1cc(C)ccc12. The van der Waals surface area contributed by atoms with Gasteiger partial charge >= 0.3 is 0 Å².